The number of carboxylic acids is 1. The van der Waals surface area contributed by atoms with E-state index in [-0.39, 0.29) is 22.2 Å². The van der Waals surface area contributed by atoms with Crippen LogP contribution in [-0.4, -0.2) is 16.9 Å². The third kappa shape index (κ3) is 3.68. The van der Waals surface area contributed by atoms with Crippen molar-refractivity contribution in [2.75, 3.05) is 0 Å². The molecular weight excluding hydrogens is 356 g/mol. The lowest BCUT2D eigenvalue weighted by atomic mass is 9.63. The van der Waals surface area contributed by atoms with Gasteiger partial charge in [0.15, 0.2) is 5.78 Å². The van der Waals surface area contributed by atoms with Crippen LogP contribution >= 0.6 is 12.6 Å². The molecule has 0 aromatic heterocycles. The first-order valence-electron chi connectivity index (χ1n) is 9.23. The second-order valence-corrected chi connectivity index (χ2v) is 9.24. The Morgan fingerprint density at radius 2 is 1.41 bits per heavy atom. The van der Waals surface area contributed by atoms with Gasteiger partial charge in [-0.05, 0) is 58.6 Å². The summed E-state index contributed by atoms with van der Waals surface area (Å²) in [4.78, 5) is 24.0. The molecule has 1 N–H and O–H groups in total. The zero-order valence-corrected chi connectivity index (χ0v) is 17.1. The van der Waals surface area contributed by atoms with Gasteiger partial charge >= 0.3 is 5.97 Å². The van der Waals surface area contributed by atoms with Crippen molar-refractivity contribution < 1.29 is 14.7 Å². The second kappa shape index (κ2) is 6.83. The number of hydrogen-bond donors (Lipinski definition) is 2. The first kappa shape index (κ1) is 19.7. The van der Waals surface area contributed by atoms with Crippen LogP contribution in [0.4, 0.5) is 0 Å². The Kier molecular flexibility index (Phi) is 4.98. The number of Topliss-reactive ketones (excluding diaryl/α,β-unsaturated/α-hetero) is 1. The van der Waals surface area contributed by atoms with Gasteiger partial charge in [0.2, 0.25) is 0 Å². The van der Waals surface area contributed by atoms with Crippen molar-refractivity contribution in [2.45, 2.75) is 56.6 Å². The fourth-order valence-electron chi connectivity index (χ4n) is 3.86. The molecule has 1 aliphatic carbocycles. The van der Waals surface area contributed by atoms with E-state index in [4.69, 9.17) is 5.11 Å². The summed E-state index contributed by atoms with van der Waals surface area (Å²) in [5.41, 5.74) is 4.26. The van der Waals surface area contributed by atoms with Crippen molar-refractivity contribution >= 4 is 24.4 Å². The van der Waals surface area contributed by atoms with Crippen molar-refractivity contribution in [3.63, 3.8) is 0 Å². The molecule has 2 aromatic carbocycles. The van der Waals surface area contributed by atoms with Gasteiger partial charge in [0.05, 0.1) is 10.8 Å². The topological polar surface area (TPSA) is 54.4 Å². The summed E-state index contributed by atoms with van der Waals surface area (Å²) in [6.45, 7) is 8.98. The molecule has 0 amide bonds. The van der Waals surface area contributed by atoms with Crippen molar-refractivity contribution in [2.24, 2.45) is 0 Å². The van der Waals surface area contributed by atoms with Crippen LogP contribution in [0.5, 0.6) is 0 Å². The van der Waals surface area contributed by atoms with Crippen molar-refractivity contribution in [3.05, 3.63) is 70.3 Å². The number of fused-ring (bicyclic) bond motifs is 1. The number of aromatic carboxylic acids is 1. The molecule has 0 heterocycles. The average molecular weight is 383 g/mol. The molecule has 0 aliphatic heterocycles. The van der Waals surface area contributed by atoms with E-state index in [1.807, 2.05) is 12.1 Å². The number of hydrogen-bond acceptors (Lipinski definition) is 3. The van der Waals surface area contributed by atoms with Gasteiger partial charge in [-0.25, -0.2) is 4.79 Å². The Morgan fingerprint density at radius 3 is 1.96 bits per heavy atom. The Hall–Kier alpha value is -2.07. The van der Waals surface area contributed by atoms with E-state index in [1.54, 1.807) is 12.1 Å². The zero-order valence-electron chi connectivity index (χ0n) is 16.2. The van der Waals surface area contributed by atoms with E-state index in [0.29, 0.717) is 11.1 Å². The third-order valence-corrected chi connectivity index (χ3v) is 6.39. The van der Waals surface area contributed by atoms with Crippen LogP contribution in [0.25, 0.3) is 0 Å². The standard InChI is InChI=1S/C23H26O3S/c1-22(2)11-12-23(3,4)18-13-16(9-10-17(18)22)19(24)20(27)14-5-7-15(8-6-14)21(25)26/h5-10,13,20,27H,11-12H2,1-4H3,(H,25,26). The van der Waals surface area contributed by atoms with Gasteiger partial charge in [0.1, 0.15) is 0 Å². The number of carboxylic acid groups (broad SMARTS) is 1. The number of benzene rings is 2. The van der Waals surface area contributed by atoms with Gasteiger partial charge in [-0.1, -0.05) is 52.0 Å². The fourth-order valence-corrected chi connectivity index (χ4v) is 4.18. The van der Waals surface area contributed by atoms with Gasteiger partial charge in [0.25, 0.3) is 0 Å². The van der Waals surface area contributed by atoms with Gasteiger partial charge in [0, 0.05) is 5.56 Å². The van der Waals surface area contributed by atoms with Crippen molar-refractivity contribution in [1.82, 2.24) is 0 Å². The zero-order chi connectivity index (χ0) is 20.0. The highest BCUT2D eigenvalue weighted by Gasteiger charge is 2.37. The fraction of sp³-hybridized carbons (Fsp3) is 0.391. The maximum absolute atomic E-state index is 13.0. The molecule has 0 bridgehead atoms. The highest BCUT2D eigenvalue weighted by atomic mass is 32.1. The maximum atomic E-state index is 13.0. The van der Waals surface area contributed by atoms with E-state index in [2.05, 4.69) is 46.4 Å². The van der Waals surface area contributed by atoms with E-state index < -0.39 is 11.2 Å². The lowest BCUT2D eigenvalue weighted by molar-refractivity contribution is 0.0696. The SMILES string of the molecule is CC1(C)CCC(C)(C)c2cc(C(=O)C(S)c3ccc(C(=O)O)cc3)ccc21. The van der Waals surface area contributed by atoms with Crippen LogP contribution in [-0.2, 0) is 10.8 Å². The number of carbonyl (C=O) groups excluding carboxylic acids is 1. The molecule has 0 spiro atoms. The lowest BCUT2D eigenvalue weighted by Crippen LogP contribution is -2.34. The maximum Gasteiger partial charge on any atom is 0.335 e. The summed E-state index contributed by atoms with van der Waals surface area (Å²) >= 11 is 4.52. The first-order valence-corrected chi connectivity index (χ1v) is 9.75. The molecule has 3 nitrogen and oxygen atoms in total. The van der Waals surface area contributed by atoms with E-state index in [1.165, 1.54) is 23.3 Å². The molecule has 27 heavy (non-hydrogen) atoms. The smallest absolute Gasteiger partial charge is 0.335 e. The number of rotatable bonds is 4. The van der Waals surface area contributed by atoms with Gasteiger partial charge in [-0.2, -0.15) is 12.6 Å². The van der Waals surface area contributed by atoms with Gasteiger partial charge in [-0.3, -0.25) is 4.79 Å². The molecule has 1 atom stereocenters. The molecular formula is C23H26O3S. The molecule has 142 valence electrons. The molecule has 0 radical (unpaired) electrons. The van der Waals surface area contributed by atoms with Crippen LogP contribution in [0.2, 0.25) is 0 Å². The minimum atomic E-state index is -0.983. The monoisotopic (exact) mass is 382 g/mol. The van der Waals surface area contributed by atoms with Crippen LogP contribution in [0.3, 0.4) is 0 Å². The summed E-state index contributed by atoms with van der Waals surface area (Å²) in [6.07, 6.45) is 2.22. The molecule has 3 rings (SSSR count). The van der Waals surface area contributed by atoms with Crippen LogP contribution in [0.15, 0.2) is 42.5 Å². The summed E-state index contributed by atoms with van der Waals surface area (Å²) in [5.74, 6) is -1.05. The van der Waals surface area contributed by atoms with E-state index >= 15 is 0 Å². The van der Waals surface area contributed by atoms with Gasteiger partial charge in [-0.15, -0.1) is 0 Å². The highest BCUT2D eigenvalue weighted by molar-refractivity contribution is 7.81. The summed E-state index contributed by atoms with van der Waals surface area (Å²) < 4.78 is 0. The molecule has 0 saturated carbocycles. The lowest BCUT2D eigenvalue weighted by Gasteiger charge is -2.42. The summed E-state index contributed by atoms with van der Waals surface area (Å²) in [5, 5.41) is 8.40. The Labute approximate surface area is 166 Å². The average Bonchev–Trinajstić information content (AvgIpc) is 2.64. The van der Waals surface area contributed by atoms with Crippen LogP contribution in [0.1, 0.15) is 83.2 Å². The third-order valence-electron chi connectivity index (χ3n) is 5.86. The molecule has 0 saturated heterocycles. The van der Waals surface area contributed by atoms with Crippen molar-refractivity contribution in [1.29, 1.82) is 0 Å². The number of thiol groups is 1. The van der Waals surface area contributed by atoms with Gasteiger partial charge < -0.3 is 5.11 Å². The Morgan fingerprint density at radius 1 is 0.889 bits per heavy atom. The number of carbonyl (C=O) groups is 2. The van der Waals surface area contributed by atoms with Crippen LogP contribution < -0.4 is 0 Å². The van der Waals surface area contributed by atoms with Crippen molar-refractivity contribution in [3.8, 4) is 0 Å². The second-order valence-electron chi connectivity index (χ2n) is 8.72. The predicted molar refractivity (Wildman–Crippen MR) is 111 cm³/mol. The molecule has 1 aliphatic rings. The Balaban J connectivity index is 1.94. The van der Waals surface area contributed by atoms with Crippen LogP contribution in [0, 0.1) is 0 Å². The van der Waals surface area contributed by atoms with E-state index in [0.717, 1.165) is 12.8 Å². The summed E-state index contributed by atoms with van der Waals surface area (Å²) in [6, 6.07) is 12.4. The molecule has 0 fully saturated rings. The first-order chi connectivity index (χ1) is 12.5. The molecule has 1 unspecified atom stereocenters. The minimum absolute atomic E-state index is 0.0381. The van der Waals surface area contributed by atoms with E-state index in [9.17, 15) is 9.59 Å². The highest BCUT2D eigenvalue weighted by Crippen LogP contribution is 2.46. The molecule has 4 heteroatoms. The molecule has 2 aromatic rings. The minimum Gasteiger partial charge on any atom is -0.478 e. The predicted octanol–water partition coefficient (Wildman–Crippen LogP) is 5.59. The normalized spacial score (nSPS) is 18.4. The Bertz CT molecular complexity index is 894. The largest absolute Gasteiger partial charge is 0.478 e. The quantitative estimate of drug-likeness (QED) is 0.535. The number of ketones is 1. The summed E-state index contributed by atoms with van der Waals surface area (Å²) in [7, 11) is 0.